The quantitative estimate of drug-likeness (QED) is 0.457. The summed E-state index contributed by atoms with van der Waals surface area (Å²) in [4.78, 5) is 13.2. The number of aryl methyl sites for hydroxylation is 1. The fourth-order valence-electron chi connectivity index (χ4n) is 3.75. The molecule has 3 aromatic carbocycles. The molecular formula is C28H34N2O4S. The number of nitrogens with one attached hydrogen (secondary N) is 1. The summed E-state index contributed by atoms with van der Waals surface area (Å²) >= 11 is 0. The van der Waals surface area contributed by atoms with Gasteiger partial charge in [0.1, 0.15) is 12.3 Å². The van der Waals surface area contributed by atoms with E-state index in [9.17, 15) is 13.2 Å². The number of carbonyl (C=O) groups is 1. The van der Waals surface area contributed by atoms with Crippen LogP contribution in [0, 0.1) is 6.92 Å². The number of para-hydroxylation sites is 2. The van der Waals surface area contributed by atoms with Crippen molar-refractivity contribution in [1.82, 2.24) is 5.32 Å². The average Bonchev–Trinajstić information content (AvgIpc) is 2.82. The predicted octanol–water partition coefficient (Wildman–Crippen LogP) is 5.37. The lowest BCUT2D eigenvalue weighted by atomic mass is 9.86. The molecular weight excluding hydrogens is 460 g/mol. The number of benzene rings is 3. The Kier molecular flexibility index (Phi) is 7.90. The van der Waals surface area contributed by atoms with Gasteiger partial charge in [-0.3, -0.25) is 9.10 Å². The molecule has 0 heterocycles. The number of rotatable bonds is 8. The summed E-state index contributed by atoms with van der Waals surface area (Å²) in [7, 11) is -2.56. The molecule has 186 valence electrons. The van der Waals surface area contributed by atoms with Crippen molar-refractivity contribution in [1.29, 1.82) is 0 Å². The first kappa shape index (κ1) is 26.3. The van der Waals surface area contributed by atoms with E-state index >= 15 is 0 Å². The first-order valence-electron chi connectivity index (χ1n) is 11.6. The molecule has 0 spiro atoms. The molecule has 1 atom stereocenters. The van der Waals surface area contributed by atoms with Gasteiger partial charge in [-0.25, -0.2) is 8.42 Å². The van der Waals surface area contributed by atoms with Gasteiger partial charge in [-0.2, -0.15) is 0 Å². The summed E-state index contributed by atoms with van der Waals surface area (Å²) in [5.41, 5.74) is 3.41. The number of ether oxygens (including phenoxy) is 1. The molecule has 3 aromatic rings. The van der Waals surface area contributed by atoms with E-state index in [0.29, 0.717) is 11.4 Å². The van der Waals surface area contributed by atoms with Crippen molar-refractivity contribution in [2.24, 2.45) is 0 Å². The fraction of sp³-hybridized carbons (Fsp3) is 0.321. The van der Waals surface area contributed by atoms with Gasteiger partial charge < -0.3 is 10.1 Å². The molecule has 0 fully saturated rings. The normalized spacial score (nSPS) is 12.6. The van der Waals surface area contributed by atoms with E-state index in [2.05, 4.69) is 38.2 Å². The number of hydrogen-bond acceptors (Lipinski definition) is 4. The first-order valence-corrected chi connectivity index (χ1v) is 13.0. The smallest absolute Gasteiger partial charge is 0.264 e. The minimum absolute atomic E-state index is 0.0323. The molecule has 0 aliphatic carbocycles. The summed E-state index contributed by atoms with van der Waals surface area (Å²) < 4.78 is 33.8. The number of methoxy groups -OCH3 is 1. The minimum atomic E-state index is -4.03. The molecule has 1 N–H and O–H groups in total. The van der Waals surface area contributed by atoms with Crippen LogP contribution in [-0.2, 0) is 20.2 Å². The first-order chi connectivity index (χ1) is 16.4. The monoisotopic (exact) mass is 494 g/mol. The number of sulfonamides is 1. The highest BCUT2D eigenvalue weighted by Crippen LogP contribution is 2.32. The molecule has 0 radical (unpaired) electrons. The zero-order chi connectivity index (χ0) is 25.8. The minimum Gasteiger partial charge on any atom is -0.495 e. The van der Waals surface area contributed by atoms with Gasteiger partial charge in [0, 0.05) is 0 Å². The number of nitrogens with zero attached hydrogens (tertiary/aromatic N) is 1. The van der Waals surface area contributed by atoms with Crippen LogP contribution in [0.25, 0.3) is 0 Å². The van der Waals surface area contributed by atoms with Gasteiger partial charge in [0.05, 0.1) is 23.7 Å². The summed E-state index contributed by atoms with van der Waals surface area (Å²) in [6, 6.07) is 21.1. The van der Waals surface area contributed by atoms with Crippen LogP contribution in [0.1, 0.15) is 50.4 Å². The second kappa shape index (κ2) is 10.5. The second-order valence-corrected chi connectivity index (χ2v) is 11.5. The van der Waals surface area contributed by atoms with Crippen LogP contribution in [0.3, 0.4) is 0 Å². The summed E-state index contributed by atoms with van der Waals surface area (Å²) in [5, 5.41) is 2.94. The molecule has 1 amide bonds. The lowest BCUT2D eigenvalue weighted by Crippen LogP contribution is -2.41. The van der Waals surface area contributed by atoms with Crippen LogP contribution in [-0.4, -0.2) is 28.0 Å². The highest BCUT2D eigenvalue weighted by Gasteiger charge is 2.29. The molecule has 7 heteroatoms. The van der Waals surface area contributed by atoms with Gasteiger partial charge in [0.2, 0.25) is 5.91 Å². The van der Waals surface area contributed by atoms with Gasteiger partial charge in [0.25, 0.3) is 10.0 Å². The molecule has 0 aliphatic rings. The van der Waals surface area contributed by atoms with Crippen LogP contribution >= 0.6 is 0 Å². The molecule has 0 saturated carbocycles. The van der Waals surface area contributed by atoms with E-state index in [1.54, 1.807) is 48.5 Å². The van der Waals surface area contributed by atoms with Crippen molar-refractivity contribution in [2.75, 3.05) is 18.0 Å². The maximum atomic E-state index is 13.6. The predicted molar refractivity (Wildman–Crippen MR) is 140 cm³/mol. The zero-order valence-corrected chi connectivity index (χ0v) is 22.0. The summed E-state index contributed by atoms with van der Waals surface area (Å²) in [6.45, 7) is 9.82. The lowest BCUT2D eigenvalue weighted by Gasteiger charge is -2.26. The Bertz CT molecular complexity index is 1260. The maximum Gasteiger partial charge on any atom is 0.264 e. The molecule has 0 aromatic heterocycles. The van der Waals surface area contributed by atoms with Crippen molar-refractivity contribution in [2.45, 2.75) is 51.0 Å². The van der Waals surface area contributed by atoms with E-state index in [1.807, 2.05) is 26.0 Å². The van der Waals surface area contributed by atoms with E-state index in [-0.39, 0.29) is 22.9 Å². The Morgan fingerprint density at radius 1 is 0.971 bits per heavy atom. The standard InChI is InChI=1S/C28H34N2O4S/c1-20-11-17-24(18-12-20)35(32,33)30(25-9-7-8-10-26(25)34-6)19-27(31)29-21(2)22-13-15-23(16-14-22)28(3,4)5/h7-18,21H,19H2,1-6H3,(H,29,31)/t21-/m1/s1. The Morgan fingerprint density at radius 2 is 1.57 bits per heavy atom. The highest BCUT2D eigenvalue weighted by atomic mass is 32.2. The molecule has 6 nitrogen and oxygen atoms in total. The SMILES string of the molecule is COc1ccccc1N(CC(=O)N[C@H](C)c1ccc(C(C)(C)C)cc1)S(=O)(=O)c1ccc(C)cc1. The highest BCUT2D eigenvalue weighted by molar-refractivity contribution is 7.92. The van der Waals surface area contributed by atoms with Crippen LogP contribution < -0.4 is 14.4 Å². The van der Waals surface area contributed by atoms with Crippen molar-refractivity contribution >= 4 is 21.6 Å². The van der Waals surface area contributed by atoms with Crippen molar-refractivity contribution in [3.63, 3.8) is 0 Å². The third kappa shape index (κ3) is 6.22. The molecule has 3 rings (SSSR count). The third-order valence-corrected chi connectivity index (χ3v) is 7.68. The molecule has 35 heavy (non-hydrogen) atoms. The van der Waals surface area contributed by atoms with Crippen LogP contribution in [0.5, 0.6) is 5.75 Å². The van der Waals surface area contributed by atoms with E-state index in [4.69, 9.17) is 4.74 Å². The fourth-order valence-corrected chi connectivity index (χ4v) is 5.18. The zero-order valence-electron chi connectivity index (χ0n) is 21.2. The van der Waals surface area contributed by atoms with Gasteiger partial charge in [-0.1, -0.05) is 74.9 Å². The van der Waals surface area contributed by atoms with E-state index < -0.39 is 15.9 Å². The lowest BCUT2D eigenvalue weighted by molar-refractivity contribution is -0.120. The van der Waals surface area contributed by atoms with Crippen LogP contribution in [0.2, 0.25) is 0 Å². The molecule has 0 bridgehead atoms. The van der Waals surface area contributed by atoms with Gasteiger partial charge in [-0.15, -0.1) is 0 Å². The topological polar surface area (TPSA) is 75.7 Å². The molecule has 0 saturated heterocycles. The van der Waals surface area contributed by atoms with Crippen LogP contribution in [0.15, 0.2) is 77.7 Å². The number of amides is 1. The van der Waals surface area contributed by atoms with E-state index in [0.717, 1.165) is 15.4 Å². The van der Waals surface area contributed by atoms with E-state index in [1.165, 1.54) is 12.7 Å². The molecule has 0 unspecified atom stereocenters. The van der Waals surface area contributed by atoms with Gasteiger partial charge in [-0.05, 0) is 54.7 Å². The Hall–Kier alpha value is -3.32. The second-order valence-electron chi connectivity index (χ2n) is 9.66. The molecule has 0 aliphatic heterocycles. The van der Waals surface area contributed by atoms with Gasteiger partial charge in [0.15, 0.2) is 0 Å². The van der Waals surface area contributed by atoms with Crippen molar-refractivity contribution in [3.05, 3.63) is 89.5 Å². The Labute approximate surface area is 209 Å². The van der Waals surface area contributed by atoms with Crippen LogP contribution in [0.4, 0.5) is 5.69 Å². The largest absolute Gasteiger partial charge is 0.495 e. The van der Waals surface area contributed by atoms with Crippen molar-refractivity contribution < 1.29 is 17.9 Å². The maximum absolute atomic E-state index is 13.6. The number of carbonyl (C=O) groups excluding carboxylic acids is 1. The third-order valence-electron chi connectivity index (χ3n) is 5.90. The number of hydrogen-bond donors (Lipinski definition) is 1. The van der Waals surface area contributed by atoms with Gasteiger partial charge >= 0.3 is 0 Å². The average molecular weight is 495 g/mol. The van der Waals surface area contributed by atoms with Crippen molar-refractivity contribution in [3.8, 4) is 5.75 Å². The Balaban J connectivity index is 1.89. The number of anilines is 1. The summed E-state index contributed by atoms with van der Waals surface area (Å²) in [6.07, 6.45) is 0. The summed E-state index contributed by atoms with van der Waals surface area (Å²) in [5.74, 6) is -0.0548. The Morgan fingerprint density at radius 3 is 2.14 bits per heavy atom.